The van der Waals surface area contributed by atoms with E-state index in [1.807, 2.05) is 0 Å². The third-order valence-corrected chi connectivity index (χ3v) is 3.58. The zero-order valence-corrected chi connectivity index (χ0v) is 7.96. The summed E-state index contributed by atoms with van der Waals surface area (Å²) in [4.78, 5) is 0. The van der Waals surface area contributed by atoms with Crippen LogP contribution in [0.3, 0.4) is 0 Å². The van der Waals surface area contributed by atoms with Crippen molar-refractivity contribution in [1.29, 1.82) is 0 Å². The average molecular weight is 192 g/mol. The van der Waals surface area contributed by atoms with Crippen LogP contribution in [0.5, 0.6) is 0 Å². The lowest BCUT2D eigenvalue weighted by Gasteiger charge is -2.09. The van der Waals surface area contributed by atoms with Gasteiger partial charge in [-0.15, -0.1) is 0 Å². The van der Waals surface area contributed by atoms with Crippen LogP contribution in [0.2, 0.25) is 0 Å². The molecule has 64 valence electrons. The van der Waals surface area contributed by atoms with Crippen molar-refractivity contribution in [2.75, 3.05) is 0 Å². The summed E-state index contributed by atoms with van der Waals surface area (Å²) in [6.45, 7) is 0. The molecule has 0 aromatic carbocycles. The molecule has 2 aliphatic rings. The third kappa shape index (κ3) is 1.80. The Labute approximate surface area is 74.3 Å². The number of rotatable bonds is 0. The molecule has 0 amide bonds. The van der Waals surface area contributed by atoms with Crippen molar-refractivity contribution >= 4 is 21.2 Å². The van der Waals surface area contributed by atoms with E-state index in [-0.39, 0.29) is 0 Å². The van der Waals surface area contributed by atoms with Crippen LogP contribution in [0.15, 0.2) is 0 Å². The van der Waals surface area contributed by atoms with Crippen molar-refractivity contribution in [1.82, 2.24) is 0 Å². The van der Waals surface area contributed by atoms with E-state index in [4.69, 9.17) is 19.6 Å². The molecule has 1 heterocycles. The van der Waals surface area contributed by atoms with Gasteiger partial charge in [-0.25, -0.2) is 0 Å². The summed E-state index contributed by atoms with van der Waals surface area (Å²) < 4.78 is 10.9. The van der Waals surface area contributed by atoms with Crippen LogP contribution in [-0.4, -0.2) is 12.2 Å². The number of hydrogen-bond donors (Lipinski definition) is 0. The minimum Gasteiger partial charge on any atom is -0.284 e. The van der Waals surface area contributed by atoms with E-state index >= 15 is 0 Å². The van der Waals surface area contributed by atoms with Crippen molar-refractivity contribution in [2.24, 2.45) is 0 Å². The van der Waals surface area contributed by atoms with Crippen molar-refractivity contribution < 1.29 is 8.37 Å². The highest BCUT2D eigenvalue weighted by Crippen LogP contribution is 2.29. The molecule has 0 bridgehead atoms. The maximum atomic E-state index is 5.47. The SMILES string of the molecule is S=S1OC2CCCCCC2O1. The molecule has 2 nitrogen and oxygen atoms in total. The molecule has 2 fully saturated rings. The summed E-state index contributed by atoms with van der Waals surface area (Å²) >= 11 is 4.94. The molecule has 0 N–H and O–H groups in total. The minimum absolute atomic E-state index is 0.318. The zero-order chi connectivity index (χ0) is 7.68. The van der Waals surface area contributed by atoms with Gasteiger partial charge in [0, 0.05) is 11.2 Å². The normalized spacial score (nSPS) is 44.9. The van der Waals surface area contributed by atoms with E-state index in [0.29, 0.717) is 12.2 Å². The Bertz CT molecular complexity index is 156. The molecule has 1 saturated heterocycles. The maximum absolute atomic E-state index is 5.47. The fourth-order valence-corrected chi connectivity index (χ4v) is 3.18. The lowest BCUT2D eigenvalue weighted by molar-refractivity contribution is 0.148. The third-order valence-electron chi connectivity index (χ3n) is 2.30. The van der Waals surface area contributed by atoms with E-state index in [1.54, 1.807) is 0 Å². The van der Waals surface area contributed by atoms with Gasteiger partial charge in [-0.3, -0.25) is 8.37 Å². The Hall–Kier alpha value is 0.490. The van der Waals surface area contributed by atoms with Crippen molar-refractivity contribution in [3.05, 3.63) is 0 Å². The Kier molecular flexibility index (Phi) is 2.56. The highest BCUT2D eigenvalue weighted by molar-refractivity contribution is 8.23. The van der Waals surface area contributed by atoms with Crippen molar-refractivity contribution in [3.63, 3.8) is 0 Å². The fourth-order valence-electron chi connectivity index (χ4n) is 1.68. The largest absolute Gasteiger partial charge is 0.284 e. The van der Waals surface area contributed by atoms with Crippen LogP contribution in [0.25, 0.3) is 0 Å². The van der Waals surface area contributed by atoms with E-state index in [2.05, 4.69) is 0 Å². The summed E-state index contributed by atoms with van der Waals surface area (Å²) in [6, 6.07) is 0. The van der Waals surface area contributed by atoms with Gasteiger partial charge in [0.2, 0.25) is 0 Å². The Morgan fingerprint density at radius 2 is 1.55 bits per heavy atom. The summed E-state index contributed by atoms with van der Waals surface area (Å²) in [7, 11) is -0.617. The minimum atomic E-state index is -0.617. The topological polar surface area (TPSA) is 18.5 Å². The van der Waals surface area contributed by atoms with Gasteiger partial charge < -0.3 is 0 Å². The molecule has 1 aliphatic carbocycles. The first-order valence-electron chi connectivity index (χ1n) is 4.12. The summed E-state index contributed by atoms with van der Waals surface area (Å²) in [5.41, 5.74) is 0. The molecule has 1 aliphatic heterocycles. The van der Waals surface area contributed by atoms with Crippen molar-refractivity contribution in [2.45, 2.75) is 44.3 Å². The van der Waals surface area contributed by atoms with Crippen LogP contribution in [-0.2, 0) is 29.6 Å². The highest BCUT2D eigenvalue weighted by Gasteiger charge is 2.33. The summed E-state index contributed by atoms with van der Waals surface area (Å²) in [6.07, 6.45) is 6.80. The van der Waals surface area contributed by atoms with Crippen LogP contribution >= 0.6 is 0 Å². The van der Waals surface area contributed by atoms with Gasteiger partial charge >= 0.3 is 0 Å². The molecule has 4 heteroatoms. The number of fused-ring (bicyclic) bond motifs is 1. The molecule has 0 spiro atoms. The fraction of sp³-hybridized carbons (Fsp3) is 1.00. The molecule has 0 aromatic rings. The van der Waals surface area contributed by atoms with Gasteiger partial charge in [0.1, 0.15) is 22.2 Å². The standard InChI is InChI=1S/C7H12O2S2/c10-11-8-6-4-2-1-3-5-7(6)9-11/h6-7H,1-5H2. The summed E-state index contributed by atoms with van der Waals surface area (Å²) in [5, 5.41) is 0. The average Bonchev–Trinajstić information content (AvgIpc) is 2.17. The van der Waals surface area contributed by atoms with Gasteiger partial charge in [0.05, 0.1) is 0 Å². The molecule has 0 aromatic heterocycles. The molecular formula is C7H12O2S2. The Balaban J connectivity index is 2.01. The van der Waals surface area contributed by atoms with Gasteiger partial charge in [-0.2, -0.15) is 0 Å². The van der Waals surface area contributed by atoms with Crippen LogP contribution in [0.1, 0.15) is 32.1 Å². The predicted octanol–water partition coefficient (Wildman–Crippen LogP) is 1.64. The lowest BCUT2D eigenvalue weighted by atomic mass is 10.1. The lowest BCUT2D eigenvalue weighted by Crippen LogP contribution is -2.20. The van der Waals surface area contributed by atoms with Gasteiger partial charge in [-0.05, 0) is 12.8 Å². The molecule has 0 radical (unpaired) electrons. The molecule has 2 unspecified atom stereocenters. The second-order valence-electron chi connectivity index (χ2n) is 3.11. The smallest absolute Gasteiger partial charge is 0.149 e. The second kappa shape index (κ2) is 3.47. The van der Waals surface area contributed by atoms with Crippen molar-refractivity contribution in [3.8, 4) is 0 Å². The van der Waals surface area contributed by atoms with E-state index < -0.39 is 10.0 Å². The van der Waals surface area contributed by atoms with E-state index in [0.717, 1.165) is 12.8 Å². The first kappa shape index (κ1) is 8.10. The van der Waals surface area contributed by atoms with Crippen LogP contribution in [0.4, 0.5) is 0 Å². The Morgan fingerprint density at radius 1 is 1.00 bits per heavy atom. The molecule has 1 saturated carbocycles. The molecular weight excluding hydrogens is 180 g/mol. The van der Waals surface area contributed by atoms with Gasteiger partial charge in [0.15, 0.2) is 0 Å². The first-order valence-corrected chi connectivity index (χ1v) is 6.12. The molecule has 2 atom stereocenters. The highest BCUT2D eigenvalue weighted by atomic mass is 32.8. The summed E-state index contributed by atoms with van der Waals surface area (Å²) in [5.74, 6) is 0. The Morgan fingerprint density at radius 3 is 2.09 bits per heavy atom. The van der Waals surface area contributed by atoms with Gasteiger partial charge in [-0.1, -0.05) is 19.3 Å². The van der Waals surface area contributed by atoms with E-state index in [9.17, 15) is 0 Å². The maximum Gasteiger partial charge on any atom is 0.149 e. The number of hydrogen-bond acceptors (Lipinski definition) is 3. The molecule has 11 heavy (non-hydrogen) atoms. The predicted molar refractivity (Wildman–Crippen MR) is 47.6 cm³/mol. The second-order valence-corrected chi connectivity index (χ2v) is 4.72. The van der Waals surface area contributed by atoms with E-state index in [1.165, 1.54) is 19.3 Å². The zero-order valence-electron chi connectivity index (χ0n) is 6.32. The molecule has 2 rings (SSSR count). The monoisotopic (exact) mass is 192 g/mol. The first-order chi connectivity index (χ1) is 5.36. The van der Waals surface area contributed by atoms with Crippen LogP contribution in [0, 0.1) is 0 Å². The van der Waals surface area contributed by atoms with Gasteiger partial charge in [0.25, 0.3) is 0 Å². The quantitative estimate of drug-likeness (QED) is 0.581. The van der Waals surface area contributed by atoms with Crippen LogP contribution < -0.4 is 0 Å².